The predicted molar refractivity (Wildman–Crippen MR) is 133 cm³/mol. The summed E-state index contributed by atoms with van der Waals surface area (Å²) in [6.07, 6.45) is 4.02. The molecule has 12 heteroatoms. The molecule has 2 saturated heterocycles. The summed E-state index contributed by atoms with van der Waals surface area (Å²) < 4.78 is 69.5. The fraction of sp³-hybridized carbons (Fsp3) is 0.739. The fourth-order valence-corrected chi connectivity index (χ4v) is 6.33. The Balaban J connectivity index is 1.33. The lowest BCUT2D eigenvalue weighted by Gasteiger charge is -2.33. The van der Waals surface area contributed by atoms with E-state index in [1.807, 2.05) is 6.08 Å². The molecule has 2 aliphatic heterocycles. The third-order valence-corrected chi connectivity index (χ3v) is 9.05. The van der Waals surface area contributed by atoms with Gasteiger partial charge in [0.15, 0.2) is 0 Å². The molecule has 35 heavy (non-hydrogen) atoms. The van der Waals surface area contributed by atoms with Gasteiger partial charge in [-0.05, 0) is 59.9 Å². The van der Waals surface area contributed by atoms with E-state index in [9.17, 15) is 21.6 Å². The van der Waals surface area contributed by atoms with E-state index >= 15 is 0 Å². The Hall–Kier alpha value is -1.24. The van der Waals surface area contributed by atoms with E-state index in [4.69, 9.17) is 4.74 Å². The Morgan fingerprint density at radius 3 is 2.29 bits per heavy atom. The van der Waals surface area contributed by atoms with Crippen molar-refractivity contribution in [3.8, 4) is 0 Å². The molecule has 1 atom stereocenters. The molecule has 2 fully saturated rings. The summed E-state index contributed by atoms with van der Waals surface area (Å²) in [5.41, 5.74) is 0. The zero-order chi connectivity index (χ0) is 25.5. The van der Waals surface area contributed by atoms with Crippen LogP contribution in [0, 0.1) is 17.8 Å². The van der Waals surface area contributed by atoms with Crippen LogP contribution in [-0.2, 0) is 14.8 Å². The van der Waals surface area contributed by atoms with Crippen LogP contribution in [0.15, 0.2) is 29.5 Å². The van der Waals surface area contributed by atoms with Crippen molar-refractivity contribution < 1.29 is 26.3 Å². The molecule has 0 bridgehead atoms. The first-order chi connectivity index (χ1) is 16.6. The van der Waals surface area contributed by atoms with E-state index in [2.05, 4.69) is 37.4 Å². The van der Waals surface area contributed by atoms with E-state index in [1.165, 1.54) is 4.31 Å². The number of hydrogen-bond donors (Lipinski definition) is 0. The minimum Gasteiger partial charge on any atom is -0.381 e. The largest absolute Gasteiger partial charge is 0.390 e. The summed E-state index contributed by atoms with van der Waals surface area (Å²) in [6.45, 7) is 7.40. The number of halogens is 4. The molecule has 0 spiro atoms. The molecule has 198 valence electrons. The Labute approximate surface area is 214 Å². The number of anilines is 1. The van der Waals surface area contributed by atoms with E-state index in [1.54, 1.807) is 12.4 Å². The summed E-state index contributed by atoms with van der Waals surface area (Å²) in [6, 6.07) is 0. The standard InChI is InChI=1S/C23H34BrF3N4O3S/c1-2-18(13-19-3-8-30(9-4-19)22-28-14-21(24)15-29-22)16-34-17-20-5-10-31(11-6-20)35(32,33)12-7-23(25,26)27/h2,14-15,18-20H,1,3-13,16-17H2/t18-/m1/s1. The average Bonchev–Trinajstić information content (AvgIpc) is 2.83. The first-order valence-electron chi connectivity index (χ1n) is 12.0. The highest BCUT2D eigenvalue weighted by atomic mass is 79.9. The number of aromatic nitrogens is 2. The van der Waals surface area contributed by atoms with Gasteiger partial charge in [0.25, 0.3) is 0 Å². The third kappa shape index (κ3) is 9.29. The second kappa shape index (κ2) is 12.8. The van der Waals surface area contributed by atoms with E-state index < -0.39 is 28.4 Å². The molecule has 0 N–H and O–H groups in total. The van der Waals surface area contributed by atoms with Gasteiger partial charge in [0.05, 0.1) is 23.3 Å². The minimum atomic E-state index is -4.47. The van der Waals surface area contributed by atoms with Gasteiger partial charge in [0, 0.05) is 51.1 Å². The molecular formula is C23H34BrF3N4O3S. The molecule has 0 amide bonds. The number of rotatable bonds is 11. The summed E-state index contributed by atoms with van der Waals surface area (Å²) in [5.74, 6) is 0.920. The Kier molecular flexibility index (Phi) is 10.4. The maximum atomic E-state index is 12.4. The number of alkyl halides is 3. The van der Waals surface area contributed by atoms with Crippen LogP contribution in [0.3, 0.4) is 0 Å². The lowest BCUT2D eigenvalue weighted by Crippen LogP contribution is -2.41. The van der Waals surface area contributed by atoms with Crippen LogP contribution >= 0.6 is 15.9 Å². The lowest BCUT2D eigenvalue weighted by atomic mass is 9.87. The number of nitrogens with zero attached hydrogens (tertiary/aromatic N) is 4. The fourth-order valence-electron chi connectivity index (χ4n) is 4.61. The van der Waals surface area contributed by atoms with Crippen molar-refractivity contribution in [2.45, 2.75) is 44.7 Å². The molecule has 2 aliphatic rings. The molecule has 3 rings (SSSR count). The van der Waals surface area contributed by atoms with E-state index in [0.717, 1.165) is 42.8 Å². The maximum absolute atomic E-state index is 12.4. The van der Waals surface area contributed by atoms with Crippen molar-refractivity contribution in [1.29, 1.82) is 0 Å². The van der Waals surface area contributed by atoms with Crippen molar-refractivity contribution in [1.82, 2.24) is 14.3 Å². The molecule has 0 aromatic carbocycles. The van der Waals surface area contributed by atoms with Crippen LogP contribution in [0.1, 0.15) is 38.5 Å². The molecule has 1 aromatic rings. The summed E-state index contributed by atoms with van der Waals surface area (Å²) in [7, 11) is -3.87. The van der Waals surface area contributed by atoms with Crippen LogP contribution in [-0.4, -0.2) is 74.0 Å². The van der Waals surface area contributed by atoms with Crippen molar-refractivity contribution in [2.24, 2.45) is 17.8 Å². The molecule has 7 nitrogen and oxygen atoms in total. The molecule has 3 heterocycles. The number of hydrogen-bond acceptors (Lipinski definition) is 6. The second-order valence-electron chi connectivity index (χ2n) is 9.42. The van der Waals surface area contributed by atoms with Crippen LogP contribution in [0.2, 0.25) is 0 Å². The van der Waals surface area contributed by atoms with Crippen LogP contribution in [0.4, 0.5) is 19.1 Å². The Morgan fingerprint density at radius 2 is 1.71 bits per heavy atom. The van der Waals surface area contributed by atoms with Crippen molar-refractivity contribution in [2.75, 3.05) is 50.0 Å². The summed E-state index contributed by atoms with van der Waals surface area (Å²) >= 11 is 3.36. The highest BCUT2D eigenvalue weighted by molar-refractivity contribution is 9.10. The van der Waals surface area contributed by atoms with Gasteiger partial charge in [-0.25, -0.2) is 22.7 Å². The van der Waals surface area contributed by atoms with Crippen LogP contribution in [0.5, 0.6) is 0 Å². The van der Waals surface area contributed by atoms with Crippen LogP contribution in [0.25, 0.3) is 0 Å². The lowest BCUT2D eigenvalue weighted by molar-refractivity contribution is -0.130. The highest BCUT2D eigenvalue weighted by Gasteiger charge is 2.34. The van der Waals surface area contributed by atoms with E-state index in [0.29, 0.717) is 32.0 Å². The molecule has 0 unspecified atom stereocenters. The minimum absolute atomic E-state index is 0.212. The summed E-state index contributed by atoms with van der Waals surface area (Å²) in [5, 5.41) is 0. The van der Waals surface area contributed by atoms with Gasteiger partial charge in [0.1, 0.15) is 0 Å². The quantitative estimate of drug-likeness (QED) is 0.353. The van der Waals surface area contributed by atoms with E-state index in [-0.39, 0.29) is 24.9 Å². The van der Waals surface area contributed by atoms with Gasteiger partial charge in [0.2, 0.25) is 16.0 Å². The van der Waals surface area contributed by atoms with Gasteiger partial charge >= 0.3 is 6.18 Å². The number of ether oxygens (including phenoxy) is 1. The Morgan fingerprint density at radius 1 is 1.11 bits per heavy atom. The molecule has 0 saturated carbocycles. The number of piperidine rings is 2. The van der Waals surface area contributed by atoms with Gasteiger partial charge in [-0.1, -0.05) is 6.08 Å². The number of sulfonamides is 1. The van der Waals surface area contributed by atoms with Gasteiger partial charge in [-0.2, -0.15) is 13.2 Å². The summed E-state index contributed by atoms with van der Waals surface area (Å²) in [4.78, 5) is 11.0. The van der Waals surface area contributed by atoms with Crippen LogP contribution < -0.4 is 4.90 Å². The van der Waals surface area contributed by atoms with Crippen molar-refractivity contribution in [3.05, 3.63) is 29.5 Å². The second-order valence-corrected chi connectivity index (χ2v) is 12.4. The van der Waals surface area contributed by atoms with Gasteiger partial charge in [-0.15, -0.1) is 6.58 Å². The Bertz CT molecular complexity index is 902. The van der Waals surface area contributed by atoms with Crippen molar-refractivity contribution in [3.63, 3.8) is 0 Å². The molecule has 0 radical (unpaired) electrons. The zero-order valence-electron chi connectivity index (χ0n) is 19.8. The van der Waals surface area contributed by atoms with Crippen molar-refractivity contribution >= 4 is 31.9 Å². The molecule has 1 aromatic heterocycles. The first kappa shape index (κ1) is 28.3. The first-order valence-corrected chi connectivity index (χ1v) is 14.4. The maximum Gasteiger partial charge on any atom is 0.390 e. The normalized spacial score (nSPS) is 20.2. The average molecular weight is 584 g/mol. The van der Waals surface area contributed by atoms with Gasteiger partial charge in [-0.3, -0.25) is 0 Å². The third-order valence-electron chi connectivity index (χ3n) is 6.77. The molecular weight excluding hydrogens is 549 g/mol. The monoisotopic (exact) mass is 582 g/mol. The highest BCUT2D eigenvalue weighted by Crippen LogP contribution is 2.28. The van der Waals surface area contributed by atoms with Gasteiger partial charge < -0.3 is 9.64 Å². The predicted octanol–water partition coefficient (Wildman–Crippen LogP) is 4.66. The SMILES string of the molecule is C=C[C@@H](COCC1CCN(S(=O)(=O)CCC(F)(F)F)CC1)CC1CCN(c2ncc(Br)cn2)CC1. The zero-order valence-corrected chi connectivity index (χ0v) is 22.2. The topological polar surface area (TPSA) is 75.6 Å². The smallest absolute Gasteiger partial charge is 0.381 e. The molecule has 0 aliphatic carbocycles.